The SMILES string of the molecule is CCC(C)N1C(=O)CN(C)c2ccc(Br)cc21. The highest BCUT2D eigenvalue weighted by Gasteiger charge is 2.30. The van der Waals surface area contributed by atoms with Gasteiger partial charge >= 0.3 is 0 Å². The Kier molecular flexibility index (Phi) is 3.43. The fourth-order valence-corrected chi connectivity index (χ4v) is 2.53. The van der Waals surface area contributed by atoms with E-state index in [4.69, 9.17) is 0 Å². The Balaban J connectivity index is 2.52. The number of carbonyl (C=O) groups is 1. The van der Waals surface area contributed by atoms with Crippen molar-refractivity contribution in [2.45, 2.75) is 26.3 Å². The maximum Gasteiger partial charge on any atom is 0.246 e. The van der Waals surface area contributed by atoms with Crippen LogP contribution < -0.4 is 9.80 Å². The van der Waals surface area contributed by atoms with Crippen LogP contribution in [0.4, 0.5) is 11.4 Å². The number of anilines is 2. The molecule has 0 aliphatic carbocycles. The third-order valence-corrected chi connectivity index (χ3v) is 3.77. The number of amides is 1. The van der Waals surface area contributed by atoms with Gasteiger partial charge in [0, 0.05) is 17.6 Å². The third-order valence-electron chi connectivity index (χ3n) is 3.28. The molecule has 92 valence electrons. The Bertz CT molecular complexity index is 447. The Hall–Kier alpha value is -1.03. The molecule has 3 nitrogen and oxygen atoms in total. The summed E-state index contributed by atoms with van der Waals surface area (Å²) in [5, 5.41) is 0. The molecule has 0 saturated carbocycles. The summed E-state index contributed by atoms with van der Waals surface area (Å²) in [5.74, 6) is 0.174. The van der Waals surface area contributed by atoms with Crippen molar-refractivity contribution in [3.8, 4) is 0 Å². The molecule has 1 unspecified atom stereocenters. The lowest BCUT2D eigenvalue weighted by molar-refractivity contribution is -0.118. The quantitative estimate of drug-likeness (QED) is 0.837. The molecule has 0 radical (unpaired) electrons. The topological polar surface area (TPSA) is 23.6 Å². The van der Waals surface area contributed by atoms with E-state index in [2.05, 4.69) is 35.8 Å². The predicted octanol–water partition coefficient (Wildman–Crippen LogP) is 3.03. The summed E-state index contributed by atoms with van der Waals surface area (Å²) in [6.45, 7) is 4.65. The Labute approximate surface area is 111 Å². The van der Waals surface area contributed by atoms with E-state index in [0.29, 0.717) is 6.54 Å². The molecule has 0 aromatic heterocycles. The predicted molar refractivity (Wildman–Crippen MR) is 74.7 cm³/mol. The molecule has 1 aliphatic rings. The maximum atomic E-state index is 12.1. The number of rotatable bonds is 2. The zero-order valence-electron chi connectivity index (χ0n) is 10.4. The van der Waals surface area contributed by atoms with Crippen molar-refractivity contribution >= 4 is 33.2 Å². The zero-order valence-corrected chi connectivity index (χ0v) is 12.0. The molecule has 0 fully saturated rings. The summed E-state index contributed by atoms with van der Waals surface area (Å²) in [4.78, 5) is 16.1. The van der Waals surface area contributed by atoms with E-state index in [1.54, 1.807) is 0 Å². The molecule has 0 bridgehead atoms. The summed E-state index contributed by atoms with van der Waals surface area (Å²) in [6.07, 6.45) is 0.960. The number of carbonyl (C=O) groups excluding carboxylic acids is 1. The van der Waals surface area contributed by atoms with Gasteiger partial charge in [-0.1, -0.05) is 22.9 Å². The first kappa shape index (κ1) is 12.4. The standard InChI is InChI=1S/C13H17BrN2O/c1-4-9(2)16-12-7-10(14)5-6-11(12)15(3)8-13(16)17/h5-7,9H,4,8H2,1-3H3. The van der Waals surface area contributed by atoms with E-state index in [1.165, 1.54) is 0 Å². The molecule has 1 aliphatic heterocycles. The molecule has 1 aromatic carbocycles. The highest BCUT2D eigenvalue weighted by Crippen LogP contribution is 2.36. The first-order valence-electron chi connectivity index (χ1n) is 5.87. The summed E-state index contributed by atoms with van der Waals surface area (Å²) < 4.78 is 1.01. The summed E-state index contributed by atoms with van der Waals surface area (Å²) in [6, 6.07) is 6.33. The van der Waals surface area contributed by atoms with Crippen molar-refractivity contribution in [1.82, 2.24) is 0 Å². The number of benzene rings is 1. The third kappa shape index (κ3) is 2.18. The maximum absolute atomic E-state index is 12.1. The van der Waals surface area contributed by atoms with E-state index < -0.39 is 0 Å². The average Bonchev–Trinajstić information content (AvgIpc) is 2.28. The monoisotopic (exact) mass is 296 g/mol. The molecule has 1 atom stereocenters. The Morgan fingerprint density at radius 3 is 2.76 bits per heavy atom. The molecule has 1 heterocycles. The molecular formula is C13H17BrN2O. The second-order valence-corrected chi connectivity index (χ2v) is 5.43. The highest BCUT2D eigenvalue weighted by molar-refractivity contribution is 9.10. The van der Waals surface area contributed by atoms with Gasteiger partial charge in [-0.15, -0.1) is 0 Å². The molecular weight excluding hydrogens is 280 g/mol. The highest BCUT2D eigenvalue weighted by atomic mass is 79.9. The van der Waals surface area contributed by atoms with Crippen LogP contribution in [0.1, 0.15) is 20.3 Å². The fraction of sp³-hybridized carbons (Fsp3) is 0.462. The lowest BCUT2D eigenvalue weighted by Gasteiger charge is -2.38. The average molecular weight is 297 g/mol. The van der Waals surface area contributed by atoms with Crippen LogP contribution in [0.3, 0.4) is 0 Å². The van der Waals surface area contributed by atoms with Crippen molar-refractivity contribution in [3.63, 3.8) is 0 Å². The van der Waals surface area contributed by atoms with Crippen LogP contribution in [0.15, 0.2) is 22.7 Å². The van der Waals surface area contributed by atoms with Gasteiger partial charge in [0.15, 0.2) is 0 Å². The van der Waals surface area contributed by atoms with Crippen molar-refractivity contribution in [3.05, 3.63) is 22.7 Å². The van der Waals surface area contributed by atoms with Gasteiger partial charge in [0.25, 0.3) is 0 Å². The lowest BCUT2D eigenvalue weighted by atomic mass is 10.1. The molecule has 0 spiro atoms. The number of fused-ring (bicyclic) bond motifs is 1. The zero-order chi connectivity index (χ0) is 12.6. The Morgan fingerprint density at radius 2 is 2.12 bits per heavy atom. The number of hydrogen-bond donors (Lipinski definition) is 0. The van der Waals surface area contributed by atoms with Crippen molar-refractivity contribution in [2.24, 2.45) is 0 Å². The van der Waals surface area contributed by atoms with Gasteiger partial charge in [0.05, 0.1) is 17.9 Å². The molecule has 2 rings (SSSR count). The molecule has 4 heteroatoms. The number of halogens is 1. The Morgan fingerprint density at radius 1 is 1.41 bits per heavy atom. The normalized spacial score (nSPS) is 17.1. The smallest absolute Gasteiger partial charge is 0.246 e. The molecule has 17 heavy (non-hydrogen) atoms. The van der Waals surface area contributed by atoms with Crippen LogP contribution in [0.2, 0.25) is 0 Å². The van der Waals surface area contributed by atoms with Gasteiger partial charge in [0.2, 0.25) is 5.91 Å². The molecule has 0 saturated heterocycles. The summed E-state index contributed by atoms with van der Waals surface area (Å²) >= 11 is 3.47. The van der Waals surface area contributed by atoms with Crippen molar-refractivity contribution in [2.75, 3.05) is 23.4 Å². The fourth-order valence-electron chi connectivity index (χ4n) is 2.18. The van der Waals surface area contributed by atoms with E-state index in [9.17, 15) is 4.79 Å². The summed E-state index contributed by atoms with van der Waals surface area (Å²) in [7, 11) is 1.96. The largest absolute Gasteiger partial charge is 0.364 e. The van der Waals surface area contributed by atoms with Gasteiger partial charge in [-0.25, -0.2) is 0 Å². The van der Waals surface area contributed by atoms with Gasteiger partial charge in [-0.05, 0) is 31.5 Å². The lowest BCUT2D eigenvalue weighted by Crippen LogP contribution is -2.48. The van der Waals surface area contributed by atoms with Crippen LogP contribution in [0, 0.1) is 0 Å². The minimum atomic E-state index is 0.174. The van der Waals surface area contributed by atoms with Gasteiger partial charge in [-0.2, -0.15) is 0 Å². The summed E-state index contributed by atoms with van der Waals surface area (Å²) in [5.41, 5.74) is 2.13. The number of likely N-dealkylation sites (N-methyl/N-ethyl adjacent to an activating group) is 1. The van der Waals surface area contributed by atoms with Crippen molar-refractivity contribution < 1.29 is 4.79 Å². The van der Waals surface area contributed by atoms with Crippen LogP contribution in [0.5, 0.6) is 0 Å². The van der Waals surface area contributed by atoms with Gasteiger partial charge < -0.3 is 9.80 Å². The van der Waals surface area contributed by atoms with Crippen LogP contribution in [-0.2, 0) is 4.79 Å². The number of nitrogens with zero attached hydrogens (tertiary/aromatic N) is 2. The second-order valence-electron chi connectivity index (χ2n) is 4.51. The second kappa shape index (κ2) is 4.69. The first-order chi connectivity index (χ1) is 8.04. The minimum absolute atomic E-state index is 0.174. The van der Waals surface area contributed by atoms with E-state index >= 15 is 0 Å². The molecule has 0 N–H and O–H groups in total. The van der Waals surface area contributed by atoms with E-state index in [0.717, 1.165) is 22.3 Å². The first-order valence-corrected chi connectivity index (χ1v) is 6.66. The number of hydrogen-bond acceptors (Lipinski definition) is 2. The minimum Gasteiger partial charge on any atom is -0.364 e. The van der Waals surface area contributed by atoms with Crippen LogP contribution in [-0.4, -0.2) is 25.5 Å². The van der Waals surface area contributed by atoms with Crippen LogP contribution >= 0.6 is 15.9 Å². The van der Waals surface area contributed by atoms with Crippen molar-refractivity contribution in [1.29, 1.82) is 0 Å². The van der Waals surface area contributed by atoms with Crippen LogP contribution in [0.25, 0.3) is 0 Å². The van der Waals surface area contributed by atoms with Gasteiger partial charge in [0.1, 0.15) is 0 Å². The molecule has 1 aromatic rings. The molecule has 1 amide bonds. The van der Waals surface area contributed by atoms with Gasteiger partial charge in [-0.3, -0.25) is 4.79 Å². The van der Waals surface area contributed by atoms with E-state index in [1.807, 2.05) is 29.0 Å². The van der Waals surface area contributed by atoms with E-state index in [-0.39, 0.29) is 11.9 Å².